The van der Waals surface area contributed by atoms with E-state index < -0.39 is 10.0 Å². The maximum absolute atomic E-state index is 11.1. The molecule has 0 saturated heterocycles. The van der Waals surface area contributed by atoms with Crippen LogP contribution in [-0.4, -0.2) is 26.6 Å². The predicted octanol–water partition coefficient (Wildman–Crippen LogP) is 1.11. The van der Waals surface area contributed by atoms with Gasteiger partial charge in [0.25, 0.3) is 0 Å². The summed E-state index contributed by atoms with van der Waals surface area (Å²) in [5, 5.41) is 0. The highest BCUT2D eigenvalue weighted by Gasteiger charge is 2.06. The highest BCUT2D eigenvalue weighted by atomic mass is 35.5. The van der Waals surface area contributed by atoms with Crippen LogP contribution in [0.3, 0.4) is 0 Å². The number of rotatable bonds is 7. The van der Waals surface area contributed by atoms with Gasteiger partial charge in [0.05, 0.1) is 5.75 Å². The average Bonchev–Trinajstić information content (AvgIpc) is 2.01. The Morgan fingerprint density at radius 2 is 2.08 bits per heavy atom. The third-order valence-electron chi connectivity index (χ3n) is 1.24. The number of alkyl halides is 1. The lowest BCUT2D eigenvalue weighted by Gasteiger charge is -2.02. The van der Waals surface area contributed by atoms with Gasteiger partial charge < -0.3 is 0 Å². The van der Waals surface area contributed by atoms with Gasteiger partial charge in [0.15, 0.2) is 0 Å². The van der Waals surface area contributed by atoms with Crippen LogP contribution in [0, 0.1) is 0 Å². The molecule has 0 aliphatic heterocycles. The van der Waals surface area contributed by atoms with E-state index in [1.807, 2.05) is 0 Å². The van der Waals surface area contributed by atoms with E-state index in [9.17, 15) is 8.42 Å². The van der Waals surface area contributed by atoms with Crippen molar-refractivity contribution in [2.24, 2.45) is 0 Å². The molecule has 5 heteroatoms. The average molecular weight is 212 g/mol. The van der Waals surface area contributed by atoms with Gasteiger partial charge in [-0.1, -0.05) is 6.08 Å². The minimum atomic E-state index is -3.10. The molecule has 0 saturated carbocycles. The fourth-order valence-corrected chi connectivity index (χ4v) is 1.93. The first kappa shape index (κ1) is 11.9. The summed E-state index contributed by atoms with van der Waals surface area (Å²) in [5.74, 6) is 0.657. The second-order valence-electron chi connectivity index (χ2n) is 2.35. The molecule has 0 radical (unpaired) electrons. The van der Waals surface area contributed by atoms with Gasteiger partial charge in [0.1, 0.15) is 0 Å². The van der Waals surface area contributed by atoms with E-state index in [1.54, 1.807) is 0 Å². The molecule has 0 heterocycles. The lowest BCUT2D eigenvalue weighted by molar-refractivity contribution is 0.582. The van der Waals surface area contributed by atoms with Gasteiger partial charge in [-0.15, -0.1) is 18.2 Å². The fourth-order valence-electron chi connectivity index (χ4n) is 0.645. The molecule has 0 aromatic carbocycles. The third-order valence-corrected chi connectivity index (χ3v) is 2.94. The SMILES string of the molecule is C=CCNS(=O)(=O)CCCCCl. The maximum Gasteiger partial charge on any atom is 0.211 e. The van der Waals surface area contributed by atoms with Crippen molar-refractivity contribution in [3.8, 4) is 0 Å². The summed E-state index contributed by atoms with van der Waals surface area (Å²) in [4.78, 5) is 0. The first-order valence-electron chi connectivity index (χ1n) is 3.76. The number of nitrogens with one attached hydrogen (secondary N) is 1. The summed E-state index contributed by atoms with van der Waals surface area (Å²) in [6.07, 6.45) is 2.85. The van der Waals surface area contributed by atoms with Gasteiger partial charge in [-0.3, -0.25) is 0 Å². The van der Waals surface area contributed by atoms with Crippen LogP contribution in [0.15, 0.2) is 12.7 Å². The van der Waals surface area contributed by atoms with Crippen LogP contribution < -0.4 is 4.72 Å². The molecule has 0 aromatic rings. The Balaban J connectivity index is 3.64. The molecule has 0 fully saturated rings. The third kappa shape index (κ3) is 6.64. The highest BCUT2D eigenvalue weighted by molar-refractivity contribution is 7.89. The molecule has 0 spiro atoms. The number of hydrogen-bond donors (Lipinski definition) is 1. The molecule has 1 N–H and O–H groups in total. The molecule has 0 bridgehead atoms. The van der Waals surface area contributed by atoms with Crippen molar-refractivity contribution in [1.29, 1.82) is 0 Å². The Bertz CT molecular complexity index is 213. The number of halogens is 1. The smallest absolute Gasteiger partial charge is 0.211 e. The molecule has 12 heavy (non-hydrogen) atoms. The topological polar surface area (TPSA) is 46.2 Å². The van der Waals surface area contributed by atoms with Crippen LogP contribution in [0.4, 0.5) is 0 Å². The van der Waals surface area contributed by atoms with E-state index in [0.717, 1.165) is 6.42 Å². The number of hydrogen-bond acceptors (Lipinski definition) is 2. The Labute approximate surface area is 78.9 Å². The Morgan fingerprint density at radius 3 is 2.58 bits per heavy atom. The van der Waals surface area contributed by atoms with Crippen LogP contribution >= 0.6 is 11.6 Å². The zero-order valence-electron chi connectivity index (χ0n) is 6.92. The minimum absolute atomic E-state index is 0.146. The number of sulfonamides is 1. The van der Waals surface area contributed by atoms with Crippen molar-refractivity contribution in [2.45, 2.75) is 12.8 Å². The predicted molar refractivity (Wildman–Crippen MR) is 51.9 cm³/mol. The first-order chi connectivity index (χ1) is 5.62. The second-order valence-corrected chi connectivity index (χ2v) is 4.66. The molecule has 0 atom stereocenters. The Hall–Kier alpha value is -0.0600. The quantitative estimate of drug-likeness (QED) is 0.390. The van der Waals surface area contributed by atoms with E-state index in [4.69, 9.17) is 11.6 Å². The lowest BCUT2D eigenvalue weighted by Crippen LogP contribution is -2.26. The molecule has 3 nitrogen and oxygen atoms in total. The summed E-state index contributed by atoms with van der Waals surface area (Å²) in [7, 11) is -3.10. The minimum Gasteiger partial charge on any atom is -0.212 e. The molecule has 0 amide bonds. The Kier molecular flexibility index (Phi) is 6.42. The molecule has 0 aliphatic rings. The fraction of sp³-hybridized carbons (Fsp3) is 0.714. The monoisotopic (exact) mass is 211 g/mol. The summed E-state index contributed by atoms with van der Waals surface area (Å²) in [5.41, 5.74) is 0. The van der Waals surface area contributed by atoms with Crippen LogP contribution in [0.25, 0.3) is 0 Å². The van der Waals surface area contributed by atoms with Crippen LogP contribution in [0.5, 0.6) is 0 Å². The Morgan fingerprint density at radius 1 is 1.42 bits per heavy atom. The van der Waals surface area contributed by atoms with Crippen molar-refractivity contribution < 1.29 is 8.42 Å². The summed E-state index contributed by atoms with van der Waals surface area (Å²) in [6.45, 7) is 3.71. The van der Waals surface area contributed by atoms with Crippen molar-refractivity contribution in [3.63, 3.8) is 0 Å². The lowest BCUT2D eigenvalue weighted by atomic mass is 10.4. The normalized spacial score (nSPS) is 11.4. The van der Waals surface area contributed by atoms with Crippen molar-refractivity contribution in [2.75, 3.05) is 18.2 Å². The van der Waals surface area contributed by atoms with Crippen LogP contribution in [0.2, 0.25) is 0 Å². The highest BCUT2D eigenvalue weighted by Crippen LogP contribution is 1.95. The molecule has 0 aromatic heterocycles. The summed E-state index contributed by atoms with van der Waals surface area (Å²) >= 11 is 5.40. The zero-order chi connectivity index (χ0) is 9.45. The number of unbranched alkanes of at least 4 members (excludes halogenated alkanes) is 1. The van der Waals surface area contributed by atoms with Gasteiger partial charge in [-0.25, -0.2) is 13.1 Å². The van der Waals surface area contributed by atoms with E-state index >= 15 is 0 Å². The van der Waals surface area contributed by atoms with E-state index in [1.165, 1.54) is 6.08 Å². The maximum atomic E-state index is 11.1. The van der Waals surface area contributed by atoms with Gasteiger partial charge in [0, 0.05) is 12.4 Å². The van der Waals surface area contributed by atoms with E-state index in [2.05, 4.69) is 11.3 Å². The van der Waals surface area contributed by atoms with Gasteiger partial charge in [-0.2, -0.15) is 0 Å². The molecular formula is C7H14ClNO2S. The summed E-state index contributed by atoms with van der Waals surface area (Å²) < 4.78 is 24.5. The molecular weight excluding hydrogens is 198 g/mol. The van der Waals surface area contributed by atoms with Crippen LogP contribution in [0.1, 0.15) is 12.8 Å². The van der Waals surface area contributed by atoms with Gasteiger partial charge >= 0.3 is 0 Å². The van der Waals surface area contributed by atoms with Gasteiger partial charge in [-0.05, 0) is 12.8 Å². The van der Waals surface area contributed by atoms with Crippen molar-refractivity contribution >= 4 is 21.6 Å². The second kappa shape index (κ2) is 6.46. The first-order valence-corrected chi connectivity index (χ1v) is 5.95. The summed E-state index contributed by atoms with van der Waals surface area (Å²) in [6, 6.07) is 0. The molecule has 0 unspecified atom stereocenters. The molecule has 0 rings (SSSR count). The van der Waals surface area contributed by atoms with E-state index in [-0.39, 0.29) is 5.75 Å². The van der Waals surface area contributed by atoms with Crippen molar-refractivity contribution in [3.05, 3.63) is 12.7 Å². The largest absolute Gasteiger partial charge is 0.212 e. The zero-order valence-corrected chi connectivity index (χ0v) is 8.50. The molecule has 0 aliphatic carbocycles. The molecule has 72 valence electrons. The van der Waals surface area contributed by atoms with Crippen LogP contribution in [-0.2, 0) is 10.0 Å². The van der Waals surface area contributed by atoms with E-state index in [0.29, 0.717) is 18.8 Å². The standard InChI is InChI=1S/C7H14ClNO2S/c1-2-6-9-12(10,11)7-4-3-5-8/h2,9H,1,3-7H2. The van der Waals surface area contributed by atoms with Crippen molar-refractivity contribution in [1.82, 2.24) is 4.72 Å². The van der Waals surface area contributed by atoms with Gasteiger partial charge in [0.2, 0.25) is 10.0 Å².